The summed E-state index contributed by atoms with van der Waals surface area (Å²) in [5.74, 6) is -1.68. The Kier molecular flexibility index (Phi) is 6.03. The monoisotopic (exact) mass is 279 g/mol. The van der Waals surface area contributed by atoms with Crippen molar-refractivity contribution < 1.29 is 19.8 Å². The van der Waals surface area contributed by atoms with Crippen LogP contribution in [0, 0.1) is 13.8 Å². The summed E-state index contributed by atoms with van der Waals surface area (Å²) in [6, 6.07) is 5.99. The third-order valence-electron chi connectivity index (χ3n) is 3.11. The molecule has 0 saturated heterocycles. The van der Waals surface area contributed by atoms with Crippen LogP contribution < -0.4 is 4.90 Å². The first-order valence-electron chi connectivity index (χ1n) is 6.66. The van der Waals surface area contributed by atoms with Gasteiger partial charge in [-0.05, 0) is 31.9 Å². The summed E-state index contributed by atoms with van der Waals surface area (Å²) in [6.45, 7) is 4.92. The number of hydrogen-bond donors (Lipinski definition) is 2. The van der Waals surface area contributed by atoms with Gasteiger partial charge in [-0.2, -0.15) is 0 Å². The Morgan fingerprint density at radius 1 is 1.05 bits per heavy atom. The van der Waals surface area contributed by atoms with Gasteiger partial charge >= 0.3 is 11.9 Å². The summed E-state index contributed by atoms with van der Waals surface area (Å²) in [5, 5.41) is 17.5. The van der Waals surface area contributed by atoms with Crippen molar-refractivity contribution in [1.82, 2.24) is 0 Å². The predicted molar refractivity (Wildman–Crippen MR) is 77.3 cm³/mol. The molecule has 0 fully saturated rings. The molecule has 0 heterocycles. The molecule has 1 aromatic rings. The molecule has 0 bridgehead atoms. The molecule has 20 heavy (non-hydrogen) atoms. The largest absolute Gasteiger partial charge is 0.481 e. The number of carboxylic acid groups (broad SMARTS) is 2. The minimum atomic E-state index is -0.849. The van der Waals surface area contributed by atoms with E-state index in [2.05, 4.69) is 0 Å². The van der Waals surface area contributed by atoms with Crippen molar-refractivity contribution in [2.75, 3.05) is 18.0 Å². The van der Waals surface area contributed by atoms with Gasteiger partial charge in [0.1, 0.15) is 0 Å². The molecule has 0 radical (unpaired) electrons. The zero-order valence-corrected chi connectivity index (χ0v) is 11.9. The topological polar surface area (TPSA) is 77.8 Å². The summed E-state index contributed by atoms with van der Waals surface area (Å²) in [7, 11) is 0. The molecule has 0 aliphatic carbocycles. The predicted octanol–water partition coefficient (Wildman–Crippen LogP) is 2.45. The fourth-order valence-corrected chi connectivity index (χ4v) is 2.16. The zero-order chi connectivity index (χ0) is 15.1. The molecule has 0 aromatic heterocycles. The Morgan fingerprint density at radius 2 is 1.70 bits per heavy atom. The summed E-state index contributed by atoms with van der Waals surface area (Å²) in [5.41, 5.74) is 3.20. The van der Waals surface area contributed by atoms with Crippen molar-refractivity contribution in [2.24, 2.45) is 0 Å². The van der Waals surface area contributed by atoms with Crippen molar-refractivity contribution in [3.8, 4) is 0 Å². The van der Waals surface area contributed by atoms with E-state index >= 15 is 0 Å². The zero-order valence-electron chi connectivity index (χ0n) is 11.9. The van der Waals surface area contributed by atoms with Gasteiger partial charge in [-0.25, -0.2) is 0 Å². The lowest BCUT2D eigenvalue weighted by Gasteiger charge is -2.26. The van der Waals surface area contributed by atoms with Gasteiger partial charge in [-0.1, -0.05) is 17.7 Å². The number of aryl methyl sites for hydroxylation is 2. The van der Waals surface area contributed by atoms with Crippen LogP contribution in [0.3, 0.4) is 0 Å². The molecule has 0 unspecified atom stereocenters. The van der Waals surface area contributed by atoms with Crippen LogP contribution in [-0.2, 0) is 9.59 Å². The number of nitrogens with zero attached hydrogens (tertiary/aromatic N) is 1. The highest BCUT2D eigenvalue weighted by molar-refractivity contribution is 5.68. The van der Waals surface area contributed by atoms with E-state index in [9.17, 15) is 9.59 Å². The maximum absolute atomic E-state index is 10.7. The molecule has 2 N–H and O–H groups in total. The molecule has 0 atom stereocenters. The van der Waals surface area contributed by atoms with Crippen molar-refractivity contribution >= 4 is 17.6 Å². The highest BCUT2D eigenvalue weighted by Gasteiger charge is 2.11. The van der Waals surface area contributed by atoms with Crippen molar-refractivity contribution in [3.63, 3.8) is 0 Å². The molecule has 5 heteroatoms. The number of benzene rings is 1. The first kappa shape index (κ1) is 16.0. The Hall–Kier alpha value is -2.04. The number of carbonyl (C=O) groups is 2. The van der Waals surface area contributed by atoms with Gasteiger partial charge in [0.2, 0.25) is 0 Å². The fourth-order valence-electron chi connectivity index (χ4n) is 2.16. The van der Waals surface area contributed by atoms with E-state index in [0.717, 1.165) is 16.8 Å². The average Bonchev–Trinajstić information content (AvgIpc) is 2.33. The third kappa shape index (κ3) is 5.30. The van der Waals surface area contributed by atoms with Gasteiger partial charge in [-0.15, -0.1) is 0 Å². The normalized spacial score (nSPS) is 10.3. The number of rotatable bonds is 8. The maximum Gasteiger partial charge on any atom is 0.305 e. The Bertz CT molecular complexity index is 485. The van der Waals surface area contributed by atoms with Gasteiger partial charge in [0.25, 0.3) is 0 Å². The lowest BCUT2D eigenvalue weighted by atomic mass is 10.1. The molecular weight excluding hydrogens is 258 g/mol. The SMILES string of the molecule is Cc1ccc(N(CCCC(=O)O)CCC(=O)O)c(C)c1. The van der Waals surface area contributed by atoms with Crippen molar-refractivity contribution in [1.29, 1.82) is 0 Å². The smallest absolute Gasteiger partial charge is 0.305 e. The first-order chi connectivity index (χ1) is 9.40. The number of anilines is 1. The van der Waals surface area contributed by atoms with E-state index in [1.54, 1.807) is 0 Å². The quantitative estimate of drug-likeness (QED) is 0.764. The second-order valence-electron chi connectivity index (χ2n) is 4.92. The molecule has 0 aliphatic rings. The molecule has 0 amide bonds. The van der Waals surface area contributed by atoms with Crippen molar-refractivity contribution in [2.45, 2.75) is 33.1 Å². The van der Waals surface area contributed by atoms with Crippen LogP contribution in [0.4, 0.5) is 5.69 Å². The maximum atomic E-state index is 10.7. The number of aliphatic carboxylic acids is 2. The fraction of sp³-hybridized carbons (Fsp3) is 0.467. The second-order valence-corrected chi connectivity index (χ2v) is 4.92. The van der Waals surface area contributed by atoms with Crippen molar-refractivity contribution in [3.05, 3.63) is 29.3 Å². The summed E-state index contributed by atoms with van der Waals surface area (Å²) < 4.78 is 0. The standard InChI is InChI=1S/C15H21NO4/c1-11-5-6-13(12(2)10-11)16(9-7-15(19)20)8-3-4-14(17)18/h5-6,10H,3-4,7-9H2,1-2H3,(H,17,18)(H,19,20). The van der Waals surface area contributed by atoms with Gasteiger partial charge in [0.15, 0.2) is 0 Å². The molecule has 0 saturated carbocycles. The van der Waals surface area contributed by atoms with E-state index < -0.39 is 11.9 Å². The van der Waals surface area contributed by atoms with Crippen LogP contribution in [0.1, 0.15) is 30.4 Å². The van der Waals surface area contributed by atoms with E-state index in [0.29, 0.717) is 19.5 Å². The van der Waals surface area contributed by atoms with Crippen LogP contribution >= 0.6 is 0 Å². The van der Waals surface area contributed by atoms with Gasteiger partial charge < -0.3 is 15.1 Å². The number of carboxylic acids is 2. The average molecular weight is 279 g/mol. The highest BCUT2D eigenvalue weighted by atomic mass is 16.4. The molecule has 1 rings (SSSR count). The Labute approximate surface area is 118 Å². The first-order valence-corrected chi connectivity index (χ1v) is 6.66. The minimum absolute atomic E-state index is 0.0421. The second kappa shape index (κ2) is 7.53. The number of hydrogen-bond acceptors (Lipinski definition) is 3. The Balaban J connectivity index is 2.79. The minimum Gasteiger partial charge on any atom is -0.481 e. The van der Waals surface area contributed by atoms with Gasteiger partial charge in [0.05, 0.1) is 6.42 Å². The highest BCUT2D eigenvalue weighted by Crippen LogP contribution is 2.22. The van der Waals surface area contributed by atoms with Crippen LogP contribution in [0.15, 0.2) is 18.2 Å². The van der Waals surface area contributed by atoms with Crippen LogP contribution in [0.2, 0.25) is 0 Å². The van der Waals surface area contributed by atoms with E-state index in [1.165, 1.54) is 0 Å². The lowest BCUT2D eigenvalue weighted by molar-refractivity contribution is -0.138. The molecule has 5 nitrogen and oxygen atoms in total. The van der Waals surface area contributed by atoms with Crippen LogP contribution in [0.25, 0.3) is 0 Å². The van der Waals surface area contributed by atoms with Gasteiger partial charge in [0, 0.05) is 25.2 Å². The van der Waals surface area contributed by atoms with Gasteiger partial charge in [-0.3, -0.25) is 9.59 Å². The molecule has 110 valence electrons. The lowest BCUT2D eigenvalue weighted by Crippen LogP contribution is -2.28. The van der Waals surface area contributed by atoms with E-state index in [-0.39, 0.29) is 12.8 Å². The molecule has 0 aliphatic heterocycles. The van der Waals surface area contributed by atoms with E-state index in [4.69, 9.17) is 10.2 Å². The van der Waals surface area contributed by atoms with Crippen LogP contribution in [0.5, 0.6) is 0 Å². The molecule has 0 spiro atoms. The summed E-state index contributed by atoms with van der Waals surface area (Å²) >= 11 is 0. The van der Waals surface area contributed by atoms with Crippen LogP contribution in [-0.4, -0.2) is 35.2 Å². The Morgan fingerprint density at radius 3 is 2.25 bits per heavy atom. The summed E-state index contributed by atoms with van der Waals surface area (Å²) in [6.07, 6.45) is 0.636. The third-order valence-corrected chi connectivity index (χ3v) is 3.11. The molecule has 1 aromatic carbocycles. The van der Waals surface area contributed by atoms with E-state index in [1.807, 2.05) is 36.9 Å². The summed E-state index contributed by atoms with van der Waals surface area (Å²) in [4.78, 5) is 23.3. The molecular formula is C15H21NO4.